The van der Waals surface area contributed by atoms with Crippen molar-refractivity contribution in [1.29, 1.82) is 0 Å². The van der Waals surface area contributed by atoms with Crippen LogP contribution < -0.4 is 14.2 Å². The third kappa shape index (κ3) is 3.79. The zero-order valence-corrected chi connectivity index (χ0v) is 13.6. The minimum atomic E-state index is -0.406. The van der Waals surface area contributed by atoms with E-state index in [4.69, 9.17) is 18.9 Å². The first-order chi connectivity index (χ1) is 11.8. The molecule has 0 fully saturated rings. The number of hydrogen-bond acceptors (Lipinski definition) is 5. The highest BCUT2D eigenvalue weighted by Crippen LogP contribution is 2.30. The number of carbonyl (C=O) groups excluding carboxylic acids is 1. The molecule has 3 rings (SSSR count). The molecule has 0 N–H and O–H groups in total. The lowest BCUT2D eigenvalue weighted by Crippen LogP contribution is -2.07. The molecule has 0 saturated heterocycles. The second-order valence-electron chi connectivity index (χ2n) is 5.33. The van der Waals surface area contributed by atoms with Gasteiger partial charge in [0.15, 0.2) is 11.5 Å². The first-order valence-electron chi connectivity index (χ1n) is 8.05. The molecule has 126 valence electrons. The van der Waals surface area contributed by atoms with Crippen LogP contribution in [0.15, 0.2) is 42.5 Å². The molecule has 2 aromatic carbocycles. The maximum absolute atomic E-state index is 12.3. The van der Waals surface area contributed by atoms with E-state index in [0.29, 0.717) is 36.9 Å². The number of hydrogen-bond donors (Lipinski definition) is 0. The monoisotopic (exact) mass is 328 g/mol. The maximum atomic E-state index is 12.3. The van der Waals surface area contributed by atoms with E-state index >= 15 is 0 Å². The highest BCUT2D eigenvalue weighted by Gasteiger charge is 2.15. The molecule has 5 heteroatoms. The number of rotatable bonds is 5. The summed E-state index contributed by atoms with van der Waals surface area (Å²) >= 11 is 0. The van der Waals surface area contributed by atoms with Gasteiger partial charge in [0.1, 0.15) is 12.4 Å². The van der Waals surface area contributed by atoms with Crippen molar-refractivity contribution in [3.8, 4) is 17.2 Å². The molecular weight excluding hydrogens is 308 g/mol. The van der Waals surface area contributed by atoms with E-state index in [1.165, 1.54) is 0 Å². The van der Waals surface area contributed by atoms with Crippen LogP contribution in [0.25, 0.3) is 0 Å². The number of esters is 1. The molecule has 1 heterocycles. The lowest BCUT2D eigenvalue weighted by molar-refractivity contribution is 0.0469. The molecule has 1 aliphatic rings. The zero-order chi connectivity index (χ0) is 16.8. The Kier molecular flexibility index (Phi) is 5.21. The van der Waals surface area contributed by atoms with Crippen LogP contribution >= 0.6 is 0 Å². The van der Waals surface area contributed by atoms with Crippen LogP contribution in [0.1, 0.15) is 29.3 Å². The first kappa shape index (κ1) is 16.2. The van der Waals surface area contributed by atoms with Crippen LogP contribution in [0.3, 0.4) is 0 Å². The molecule has 24 heavy (non-hydrogen) atoms. The van der Waals surface area contributed by atoms with E-state index in [-0.39, 0.29) is 6.61 Å². The quantitative estimate of drug-likeness (QED) is 0.785. The van der Waals surface area contributed by atoms with Crippen molar-refractivity contribution >= 4 is 5.97 Å². The number of benzene rings is 2. The molecule has 0 aromatic heterocycles. The summed E-state index contributed by atoms with van der Waals surface area (Å²) in [6.07, 6.45) is 0.822. The Labute approximate surface area is 141 Å². The second-order valence-corrected chi connectivity index (χ2v) is 5.33. The van der Waals surface area contributed by atoms with E-state index in [1.807, 2.05) is 31.2 Å². The Morgan fingerprint density at radius 3 is 2.71 bits per heavy atom. The molecule has 0 bridgehead atoms. The van der Waals surface area contributed by atoms with Crippen molar-refractivity contribution in [3.05, 3.63) is 53.6 Å². The first-order valence-corrected chi connectivity index (χ1v) is 8.05. The molecule has 0 spiro atoms. The Hall–Kier alpha value is -2.69. The fraction of sp³-hybridized carbons (Fsp3) is 0.316. The molecule has 0 radical (unpaired) electrons. The summed E-state index contributed by atoms with van der Waals surface area (Å²) in [6, 6.07) is 12.6. The SMILES string of the molecule is CCOc1ccccc1COC(=O)c1ccc2c(c1)OCCCO2. The summed E-state index contributed by atoms with van der Waals surface area (Å²) in [5.74, 6) is 1.56. The predicted molar refractivity (Wildman–Crippen MR) is 88.8 cm³/mol. The van der Waals surface area contributed by atoms with Gasteiger partial charge in [-0.3, -0.25) is 0 Å². The minimum absolute atomic E-state index is 0.156. The standard InChI is InChI=1S/C19H20O5/c1-2-21-16-7-4-3-6-15(16)13-24-19(20)14-8-9-17-18(12-14)23-11-5-10-22-17/h3-4,6-9,12H,2,5,10-11,13H2,1H3. The van der Waals surface area contributed by atoms with Gasteiger partial charge in [0.05, 0.1) is 25.4 Å². The van der Waals surface area contributed by atoms with Crippen LogP contribution in [0, 0.1) is 0 Å². The third-order valence-corrected chi connectivity index (χ3v) is 3.61. The number of para-hydroxylation sites is 1. The number of fused-ring (bicyclic) bond motifs is 1. The molecule has 1 aliphatic heterocycles. The molecule has 0 saturated carbocycles. The summed E-state index contributed by atoms with van der Waals surface area (Å²) in [7, 11) is 0. The molecular formula is C19H20O5. The molecule has 0 atom stereocenters. The highest BCUT2D eigenvalue weighted by molar-refractivity contribution is 5.90. The lowest BCUT2D eigenvalue weighted by atomic mass is 10.2. The lowest BCUT2D eigenvalue weighted by Gasteiger charge is -2.11. The van der Waals surface area contributed by atoms with Gasteiger partial charge in [0.25, 0.3) is 0 Å². The third-order valence-electron chi connectivity index (χ3n) is 3.61. The molecule has 0 aliphatic carbocycles. The molecule has 2 aromatic rings. The minimum Gasteiger partial charge on any atom is -0.493 e. The van der Waals surface area contributed by atoms with E-state index in [2.05, 4.69) is 0 Å². The largest absolute Gasteiger partial charge is 0.493 e. The summed E-state index contributed by atoms with van der Waals surface area (Å²) in [5.41, 5.74) is 1.27. The van der Waals surface area contributed by atoms with E-state index in [1.54, 1.807) is 18.2 Å². The van der Waals surface area contributed by atoms with Gasteiger partial charge < -0.3 is 18.9 Å². The van der Waals surface area contributed by atoms with Crippen LogP contribution in [-0.4, -0.2) is 25.8 Å². The van der Waals surface area contributed by atoms with Gasteiger partial charge >= 0.3 is 5.97 Å². The van der Waals surface area contributed by atoms with Crippen molar-refractivity contribution in [2.75, 3.05) is 19.8 Å². The van der Waals surface area contributed by atoms with E-state index in [9.17, 15) is 4.79 Å². The van der Waals surface area contributed by atoms with Gasteiger partial charge in [-0.25, -0.2) is 4.79 Å². The average Bonchev–Trinajstić information content (AvgIpc) is 2.85. The van der Waals surface area contributed by atoms with Gasteiger partial charge in [-0.2, -0.15) is 0 Å². The van der Waals surface area contributed by atoms with Crippen molar-refractivity contribution in [3.63, 3.8) is 0 Å². The van der Waals surface area contributed by atoms with Crippen LogP contribution in [0.4, 0.5) is 0 Å². The summed E-state index contributed by atoms with van der Waals surface area (Å²) in [6.45, 7) is 3.83. The van der Waals surface area contributed by atoms with Crippen LogP contribution in [-0.2, 0) is 11.3 Å². The van der Waals surface area contributed by atoms with Crippen LogP contribution in [0.2, 0.25) is 0 Å². The van der Waals surface area contributed by atoms with Gasteiger partial charge in [-0.1, -0.05) is 18.2 Å². The maximum Gasteiger partial charge on any atom is 0.338 e. The number of carbonyl (C=O) groups is 1. The Bertz CT molecular complexity index is 711. The van der Waals surface area contributed by atoms with Crippen molar-refractivity contribution in [2.45, 2.75) is 20.0 Å². The Balaban J connectivity index is 1.68. The number of ether oxygens (including phenoxy) is 4. The smallest absolute Gasteiger partial charge is 0.338 e. The fourth-order valence-electron chi connectivity index (χ4n) is 2.44. The average molecular weight is 328 g/mol. The Morgan fingerprint density at radius 1 is 1.08 bits per heavy atom. The molecule has 5 nitrogen and oxygen atoms in total. The second kappa shape index (κ2) is 7.73. The van der Waals surface area contributed by atoms with Gasteiger partial charge in [0, 0.05) is 12.0 Å². The van der Waals surface area contributed by atoms with E-state index in [0.717, 1.165) is 17.7 Å². The fourth-order valence-corrected chi connectivity index (χ4v) is 2.44. The van der Waals surface area contributed by atoms with Crippen molar-refractivity contribution in [2.24, 2.45) is 0 Å². The summed E-state index contributed by atoms with van der Waals surface area (Å²) in [4.78, 5) is 12.3. The van der Waals surface area contributed by atoms with Crippen LogP contribution in [0.5, 0.6) is 17.2 Å². The summed E-state index contributed by atoms with van der Waals surface area (Å²) < 4.78 is 22.1. The van der Waals surface area contributed by atoms with Gasteiger partial charge in [0.2, 0.25) is 0 Å². The zero-order valence-electron chi connectivity index (χ0n) is 13.6. The molecule has 0 amide bonds. The van der Waals surface area contributed by atoms with Gasteiger partial charge in [-0.15, -0.1) is 0 Å². The predicted octanol–water partition coefficient (Wildman–Crippen LogP) is 3.60. The van der Waals surface area contributed by atoms with Gasteiger partial charge in [-0.05, 0) is 31.2 Å². The Morgan fingerprint density at radius 2 is 1.88 bits per heavy atom. The van der Waals surface area contributed by atoms with E-state index < -0.39 is 5.97 Å². The summed E-state index contributed by atoms with van der Waals surface area (Å²) in [5, 5.41) is 0. The normalized spacial score (nSPS) is 13.0. The molecule has 0 unspecified atom stereocenters. The highest BCUT2D eigenvalue weighted by atomic mass is 16.5. The van der Waals surface area contributed by atoms with Crippen molar-refractivity contribution < 1.29 is 23.7 Å². The topological polar surface area (TPSA) is 54.0 Å². The van der Waals surface area contributed by atoms with Crippen molar-refractivity contribution in [1.82, 2.24) is 0 Å².